The number of ether oxygens (including phenoxy) is 1. The molecule has 2 aliphatic heterocycles. The SMILES string of the molecule is CC(C)c1cc(C(F)(F)F)n2nc([C@@H]3CCCN3C[C@@H]3CCOC3)cc2n1. The molecule has 0 unspecified atom stereocenters. The number of nitrogens with zero attached hydrogens (tertiary/aromatic N) is 4. The third-order valence-corrected chi connectivity index (χ3v) is 5.57. The smallest absolute Gasteiger partial charge is 0.381 e. The van der Waals surface area contributed by atoms with Gasteiger partial charge in [-0.15, -0.1) is 0 Å². The van der Waals surface area contributed by atoms with Crippen LogP contribution in [0, 0.1) is 5.92 Å². The molecule has 27 heavy (non-hydrogen) atoms. The van der Waals surface area contributed by atoms with Crippen molar-refractivity contribution in [3.63, 3.8) is 0 Å². The van der Waals surface area contributed by atoms with Gasteiger partial charge in [0, 0.05) is 24.9 Å². The molecule has 148 valence electrons. The van der Waals surface area contributed by atoms with Crippen molar-refractivity contribution in [2.75, 3.05) is 26.3 Å². The molecule has 8 heteroatoms. The van der Waals surface area contributed by atoms with E-state index in [1.165, 1.54) is 0 Å². The minimum Gasteiger partial charge on any atom is -0.381 e. The molecular formula is C19H25F3N4O. The number of alkyl halides is 3. The zero-order chi connectivity index (χ0) is 19.2. The highest BCUT2D eigenvalue weighted by Gasteiger charge is 2.37. The summed E-state index contributed by atoms with van der Waals surface area (Å²) in [5, 5.41) is 4.35. The molecule has 0 radical (unpaired) electrons. The van der Waals surface area contributed by atoms with E-state index in [1.807, 2.05) is 13.8 Å². The van der Waals surface area contributed by atoms with Crippen LogP contribution in [0.25, 0.3) is 5.65 Å². The summed E-state index contributed by atoms with van der Waals surface area (Å²) in [6.45, 7) is 7.12. The van der Waals surface area contributed by atoms with Gasteiger partial charge in [0.1, 0.15) is 5.69 Å². The standard InChI is InChI=1S/C19H25F3N4O/c1-12(2)14-8-17(19(20,21)22)26-18(23-14)9-15(24-26)16-4-3-6-25(16)10-13-5-7-27-11-13/h8-9,12-13,16H,3-7,10-11H2,1-2H3/t13-,16-/m0/s1. The second-order valence-corrected chi connectivity index (χ2v) is 7.94. The molecule has 2 fully saturated rings. The van der Waals surface area contributed by atoms with Crippen molar-refractivity contribution in [1.82, 2.24) is 19.5 Å². The second kappa shape index (κ2) is 7.05. The van der Waals surface area contributed by atoms with Crippen molar-refractivity contribution in [1.29, 1.82) is 0 Å². The van der Waals surface area contributed by atoms with Gasteiger partial charge in [-0.1, -0.05) is 13.8 Å². The van der Waals surface area contributed by atoms with Crippen molar-refractivity contribution in [3.05, 3.63) is 29.2 Å². The fourth-order valence-electron chi connectivity index (χ4n) is 4.11. The molecule has 2 saturated heterocycles. The topological polar surface area (TPSA) is 42.7 Å². The predicted octanol–water partition coefficient (Wildman–Crippen LogP) is 4.04. The maximum atomic E-state index is 13.6. The molecule has 2 aromatic heterocycles. The Labute approximate surface area is 156 Å². The van der Waals surface area contributed by atoms with Crippen molar-refractivity contribution < 1.29 is 17.9 Å². The number of rotatable bonds is 4. The van der Waals surface area contributed by atoms with E-state index in [9.17, 15) is 13.2 Å². The highest BCUT2D eigenvalue weighted by Crippen LogP contribution is 2.35. The van der Waals surface area contributed by atoms with Gasteiger partial charge in [0.2, 0.25) is 0 Å². The predicted molar refractivity (Wildman–Crippen MR) is 94.6 cm³/mol. The lowest BCUT2D eigenvalue weighted by Gasteiger charge is -2.25. The normalized spacial score (nSPS) is 24.5. The van der Waals surface area contributed by atoms with Crippen LogP contribution in [0.3, 0.4) is 0 Å². The monoisotopic (exact) mass is 382 g/mol. The van der Waals surface area contributed by atoms with Crippen molar-refractivity contribution in [2.24, 2.45) is 5.92 Å². The highest BCUT2D eigenvalue weighted by atomic mass is 19.4. The lowest BCUT2D eigenvalue weighted by molar-refractivity contribution is -0.142. The summed E-state index contributed by atoms with van der Waals surface area (Å²) in [5.41, 5.74) is 0.647. The molecule has 2 aromatic rings. The molecule has 5 nitrogen and oxygen atoms in total. The van der Waals surface area contributed by atoms with Gasteiger partial charge in [-0.2, -0.15) is 18.3 Å². The molecule has 0 spiro atoms. The summed E-state index contributed by atoms with van der Waals surface area (Å²) in [7, 11) is 0. The first-order valence-corrected chi connectivity index (χ1v) is 9.62. The number of likely N-dealkylation sites (tertiary alicyclic amines) is 1. The van der Waals surface area contributed by atoms with Gasteiger partial charge in [0.25, 0.3) is 0 Å². The van der Waals surface area contributed by atoms with E-state index in [4.69, 9.17) is 4.74 Å². The summed E-state index contributed by atoms with van der Waals surface area (Å²) < 4.78 is 47.2. The van der Waals surface area contributed by atoms with E-state index in [0.717, 1.165) is 56.1 Å². The zero-order valence-electron chi connectivity index (χ0n) is 15.7. The lowest BCUT2D eigenvalue weighted by Crippen LogP contribution is -2.29. The number of fused-ring (bicyclic) bond motifs is 1. The Balaban J connectivity index is 1.69. The van der Waals surface area contributed by atoms with Crippen LogP contribution in [0.15, 0.2) is 12.1 Å². The molecule has 0 N–H and O–H groups in total. The summed E-state index contributed by atoms with van der Waals surface area (Å²) in [4.78, 5) is 6.78. The zero-order valence-corrected chi connectivity index (χ0v) is 15.7. The Bertz CT molecular complexity index is 811. The third-order valence-electron chi connectivity index (χ3n) is 5.57. The Morgan fingerprint density at radius 2 is 2.07 bits per heavy atom. The first kappa shape index (κ1) is 18.7. The van der Waals surface area contributed by atoms with Crippen LogP contribution in [0.2, 0.25) is 0 Å². The van der Waals surface area contributed by atoms with Gasteiger partial charge in [-0.05, 0) is 43.7 Å². The van der Waals surface area contributed by atoms with E-state index in [0.29, 0.717) is 17.3 Å². The number of hydrogen-bond donors (Lipinski definition) is 0. The number of aromatic nitrogens is 3. The van der Waals surface area contributed by atoms with E-state index in [1.54, 1.807) is 6.07 Å². The quantitative estimate of drug-likeness (QED) is 0.800. The van der Waals surface area contributed by atoms with Crippen molar-refractivity contribution in [3.8, 4) is 0 Å². The molecule has 0 aliphatic carbocycles. The first-order valence-electron chi connectivity index (χ1n) is 9.62. The van der Waals surface area contributed by atoms with Crippen LogP contribution in [-0.4, -0.2) is 45.8 Å². The van der Waals surface area contributed by atoms with Crippen LogP contribution in [0.1, 0.15) is 62.2 Å². The van der Waals surface area contributed by atoms with Gasteiger partial charge in [0.05, 0.1) is 18.3 Å². The van der Waals surface area contributed by atoms with Gasteiger partial charge in [-0.3, -0.25) is 4.90 Å². The second-order valence-electron chi connectivity index (χ2n) is 7.94. The van der Waals surface area contributed by atoms with Crippen LogP contribution >= 0.6 is 0 Å². The number of halogens is 3. The van der Waals surface area contributed by atoms with E-state index in [2.05, 4.69) is 15.0 Å². The summed E-state index contributed by atoms with van der Waals surface area (Å²) >= 11 is 0. The molecular weight excluding hydrogens is 357 g/mol. The van der Waals surface area contributed by atoms with E-state index >= 15 is 0 Å². The Kier molecular flexibility index (Phi) is 4.88. The van der Waals surface area contributed by atoms with Crippen LogP contribution in [-0.2, 0) is 10.9 Å². The third kappa shape index (κ3) is 3.69. The largest absolute Gasteiger partial charge is 0.433 e. The Morgan fingerprint density at radius 1 is 1.26 bits per heavy atom. The van der Waals surface area contributed by atoms with E-state index < -0.39 is 11.9 Å². The van der Waals surface area contributed by atoms with Gasteiger partial charge in [0.15, 0.2) is 5.65 Å². The van der Waals surface area contributed by atoms with Gasteiger partial charge in [-0.25, -0.2) is 9.50 Å². The number of hydrogen-bond acceptors (Lipinski definition) is 4. The van der Waals surface area contributed by atoms with Crippen molar-refractivity contribution in [2.45, 2.75) is 51.2 Å². The molecule has 2 aliphatic rings. The minimum atomic E-state index is -4.47. The summed E-state index contributed by atoms with van der Waals surface area (Å²) in [5.74, 6) is 0.416. The maximum Gasteiger partial charge on any atom is 0.433 e. The fraction of sp³-hybridized carbons (Fsp3) is 0.684. The molecule has 2 atom stereocenters. The minimum absolute atomic E-state index is 0.0517. The molecule has 0 saturated carbocycles. The lowest BCUT2D eigenvalue weighted by atomic mass is 10.1. The van der Waals surface area contributed by atoms with Gasteiger partial charge < -0.3 is 4.74 Å². The molecule has 0 aromatic carbocycles. The van der Waals surface area contributed by atoms with Crippen molar-refractivity contribution >= 4 is 5.65 Å². The first-order chi connectivity index (χ1) is 12.8. The highest BCUT2D eigenvalue weighted by molar-refractivity contribution is 5.44. The van der Waals surface area contributed by atoms with E-state index in [-0.39, 0.29) is 17.6 Å². The summed E-state index contributed by atoms with van der Waals surface area (Å²) in [6.07, 6.45) is -1.48. The molecule has 0 bridgehead atoms. The maximum absolute atomic E-state index is 13.6. The molecule has 0 amide bonds. The van der Waals surface area contributed by atoms with Crippen LogP contribution in [0.5, 0.6) is 0 Å². The summed E-state index contributed by atoms with van der Waals surface area (Å²) in [6, 6.07) is 2.90. The fourth-order valence-corrected chi connectivity index (χ4v) is 4.11. The van der Waals surface area contributed by atoms with Gasteiger partial charge >= 0.3 is 6.18 Å². The average Bonchev–Trinajstić information content (AvgIpc) is 3.33. The Hall–Kier alpha value is -1.67. The molecule has 4 heterocycles. The van der Waals surface area contributed by atoms with Crippen LogP contribution in [0.4, 0.5) is 13.2 Å². The van der Waals surface area contributed by atoms with Crippen LogP contribution < -0.4 is 0 Å². The Morgan fingerprint density at radius 3 is 2.74 bits per heavy atom. The average molecular weight is 382 g/mol. The molecule has 4 rings (SSSR count).